The average molecular weight is 262 g/mol. The first-order valence-corrected chi connectivity index (χ1v) is 6.25. The van der Waals surface area contributed by atoms with E-state index in [9.17, 15) is 9.59 Å². The summed E-state index contributed by atoms with van der Waals surface area (Å²) in [5.74, 6) is -1.16. The first-order valence-electron chi connectivity index (χ1n) is 6.25. The lowest BCUT2D eigenvalue weighted by Crippen LogP contribution is -2.65. The fourth-order valence-corrected chi connectivity index (χ4v) is 2.38. The monoisotopic (exact) mass is 262 g/mol. The van der Waals surface area contributed by atoms with E-state index < -0.39 is 12.0 Å². The van der Waals surface area contributed by atoms with Crippen LogP contribution in [0.25, 0.3) is 0 Å². The second-order valence-corrected chi connectivity index (χ2v) is 5.44. The number of carboxylic acid groups (broad SMARTS) is 1. The Labute approximate surface area is 112 Å². The number of para-hydroxylation sites is 1. The van der Waals surface area contributed by atoms with Gasteiger partial charge in [0.05, 0.1) is 12.5 Å². The fraction of sp³-hybridized carbons (Fsp3) is 0.429. The highest BCUT2D eigenvalue weighted by molar-refractivity contribution is 6.00. The summed E-state index contributed by atoms with van der Waals surface area (Å²) in [4.78, 5) is 24.9. The summed E-state index contributed by atoms with van der Waals surface area (Å²) in [7, 11) is 0. The summed E-state index contributed by atoms with van der Waals surface area (Å²) in [5.41, 5.74) is 0.488. The summed E-state index contributed by atoms with van der Waals surface area (Å²) < 4.78 is 0. The first-order chi connectivity index (χ1) is 8.89. The molecule has 0 aromatic heterocycles. The summed E-state index contributed by atoms with van der Waals surface area (Å²) in [6.45, 7) is 4.44. The van der Waals surface area contributed by atoms with Gasteiger partial charge in [0.2, 0.25) is 5.91 Å². The van der Waals surface area contributed by atoms with Crippen molar-refractivity contribution < 1.29 is 14.7 Å². The fourth-order valence-electron chi connectivity index (χ4n) is 2.38. The lowest BCUT2D eigenvalue weighted by Gasteiger charge is -2.42. The highest BCUT2D eigenvalue weighted by Crippen LogP contribution is 2.23. The van der Waals surface area contributed by atoms with Gasteiger partial charge in [-0.05, 0) is 26.0 Å². The zero-order chi connectivity index (χ0) is 14.0. The standard InChI is InChI=1S/C14H18N2O3/c1-14(2)9-16(10-6-4-3-5-7-10)13(19)11(15-14)8-12(17)18/h3-7,11,15H,8-9H2,1-2H3,(H,17,18). The molecule has 0 aliphatic carbocycles. The molecule has 1 aromatic carbocycles. The van der Waals surface area contributed by atoms with Crippen LogP contribution in [0.5, 0.6) is 0 Å². The van der Waals surface area contributed by atoms with Crippen molar-refractivity contribution in [1.82, 2.24) is 5.32 Å². The van der Waals surface area contributed by atoms with Gasteiger partial charge in [0.15, 0.2) is 0 Å². The number of carbonyl (C=O) groups is 2. The lowest BCUT2D eigenvalue weighted by atomic mass is 9.96. The van der Waals surface area contributed by atoms with E-state index in [4.69, 9.17) is 5.11 Å². The SMILES string of the molecule is CC1(C)CN(c2ccccc2)C(=O)C(CC(=O)O)N1. The van der Waals surface area contributed by atoms with Gasteiger partial charge in [-0.25, -0.2) is 0 Å². The van der Waals surface area contributed by atoms with Crippen LogP contribution in [0.4, 0.5) is 5.69 Å². The quantitative estimate of drug-likeness (QED) is 0.860. The molecule has 1 heterocycles. The molecule has 1 unspecified atom stereocenters. The van der Waals surface area contributed by atoms with Crippen molar-refractivity contribution in [2.24, 2.45) is 0 Å². The van der Waals surface area contributed by atoms with Crippen molar-refractivity contribution in [2.75, 3.05) is 11.4 Å². The minimum absolute atomic E-state index is 0.187. The van der Waals surface area contributed by atoms with Crippen LogP contribution in [0, 0.1) is 0 Å². The molecule has 1 aliphatic rings. The van der Waals surface area contributed by atoms with Gasteiger partial charge in [-0.15, -0.1) is 0 Å². The maximum absolute atomic E-state index is 12.3. The number of anilines is 1. The van der Waals surface area contributed by atoms with Gasteiger partial charge >= 0.3 is 5.97 Å². The van der Waals surface area contributed by atoms with E-state index >= 15 is 0 Å². The van der Waals surface area contributed by atoms with Gasteiger partial charge in [0.1, 0.15) is 0 Å². The van der Waals surface area contributed by atoms with E-state index in [1.807, 2.05) is 44.2 Å². The molecule has 0 spiro atoms. The molecule has 0 saturated carbocycles. The topological polar surface area (TPSA) is 69.6 Å². The molecule has 0 bridgehead atoms. The van der Waals surface area contributed by atoms with E-state index in [0.717, 1.165) is 5.69 Å². The van der Waals surface area contributed by atoms with Gasteiger partial charge in [-0.1, -0.05) is 18.2 Å². The van der Waals surface area contributed by atoms with Crippen LogP contribution in [0.1, 0.15) is 20.3 Å². The zero-order valence-corrected chi connectivity index (χ0v) is 11.1. The van der Waals surface area contributed by atoms with Crippen LogP contribution >= 0.6 is 0 Å². The van der Waals surface area contributed by atoms with E-state index in [-0.39, 0.29) is 17.9 Å². The van der Waals surface area contributed by atoms with Gasteiger partial charge in [-0.2, -0.15) is 0 Å². The molecule has 0 radical (unpaired) electrons. The molecular weight excluding hydrogens is 244 g/mol. The Balaban J connectivity index is 2.28. The molecule has 5 heteroatoms. The van der Waals surface area contributed by atoms with Crippen molar-refractivity contribution >= 4 is 17.6 Å². The summed E-state index contributed by atoms with van der Waals surface area (Å²) in [6.07, 6.45) is -0.203. The summed E-state index contributed by atoms with van der Waals surface area (Å²) >= 11 is 0. The molecule has 5 nitrogen and oxygen atoms in total. The maximum Gasteiger partial charge on any atom is 0.305 e. The van der Waals surface area contributed by atoms with E-state index in [1.165, 1.54) is 0 Å². The Morgan fingerprint density at radius 3 is 2.63 bits per heavy atom. The minimum Gasteiger partial charge on any atom is -0.481 e. The molecule has 1 saturated heterocycles. The number of aliphatic carboxylic acids is 1. The highest BCUT2D eigenvalue weighted by atomic mass is 16.4. The Morgan fingerprint density at radius 1 is 1.42 bits per heavy atom. The molecular formula is C14H18N2O3. The lowest BCUT2D eigenvalue weighted by molar-refractivity contribution is -0.140. The molecule has 102 valence electrons. The van der Waals surface area contributed by atoms with Gasteiger partial charge in [0.25, 0.3) is 0 Å². The van der Waals surface area contributed by atoms with E-state index in [1.54, 1.807) is 4.90 Å². The minimum atomic E-state index is -0.975. The predicted octanol–water partition coefficient (Wildman–Crippen LogP) is 1.24. The Hall–Kier alpha value is -1.88. The summed E-state index contributed by atoms with van der Waals surface area (Å²) in [6, 6.07) is 8.65. The molecule has 19 heavy (non-hydrogen) atoms. The number of carboxylic acids is 1. The third kappa shape index (κ3) is 3.12. The van der Waals surface area contributed by atoms with Crippen LogP contribution in [-0.2, 0) is 9.59 Å². The van der Waals surface area contributed by atoms with Crippen molar-refractivity contribution in [3.05, 3.63) is 30.3 Å². The largest absolute Gasteiger partial charge is 0.481 e. The number of nitrogens with one attached hydrogen (secondary N) is 1. The number of nitrogens with zero attached hydrogens (tertiary/aromatic N) is 1. The molecule has 1 aliphatic heterocycles. The van der Waals surface area contributed by atoms with Crippen molar-refractivity contribution in [1.29, 1.82) is 0 Å². The highest BCUT2D eigenvalue weighted by Gasteiger charge is 2.39. The van der Waals surface area contributed by atoms with Crippen LogP contribution < -0.4 is 10.2 Å². The number of rotatable bonds is 3. The number of amides is 1. The van der Waals surface area contributed by atoms with Crippen molar-refractivity contribution in [2.45, 2.75) is 31.8 Å². The molecule has 1 amide bonds. The number of benzene rings is 1. The normalized spacial score (nSPS) is 22.3. The van der Waals surface area contributed by atoms with Crippen LogP contribution in [0.2, 0.25) is 0 Å². The van der Waals surface area contributed by atoms with Crippen LogP contribution in [-0.4, -0.2) is 35.1 Å². The first kappa shape index (κ1) is 13.5. The molecule has 1 fully saturated rings. The molecule has 1 aromatic rings. The van der Waals surface area contributed by atoms with Crippen molar-refractivity contribution in [3.8, 4) is 0 Å². The van der Waals surface area contributed by atoms with Crippen LogP contribution in [0.15, 0.2) is 30.3 Å². The Morgan fingerprint density at radius 2 is 2.05 bits per heavy atom. The van der Waals surface area contributed by atoms with E-state index in [0.29, 0.717) is 6.54 Å². The smallest absolute Gasteiger partial charge is 0.305 e. The third-order valence-electron chi connectivity index (χ3n) is 3.13. The maximum atomic E-state index is 12.3. The third-order valence-corrected chi connectivity index (χ3v) is 3.13. The van der Waals surface area contributed by atoms with Gasteiger partial charge in [0, 0.05) is 17.8 Å². The summed E-state index contributed by atoms with van der Waals surface area (Å²) in [5, 5.41) is 12.0. The van der Waals surface area contributed by atoms with Crippen LogP contribution in [0.3, 0.4) is 0 Å². The molecule has 2 rings (SSSR count). The number of carbonyl (C=O) groups excluding carboxylic acids is 1. The Kier molecular flexibility index (Phi) is 3.57. The predicted molar refractivity (Wildman–Crippen MR) is 72.1 cm³/mol. The second-order valence-electron chi connectivity index (χ2n) is 5.44. The van der Waals surface area contributed by atoms with Gasteiger partial charge < -0.3 is 10.0 Å². The second kappa shape index (κ2) is 5.01. The number of piperazine rings is 1. The number of hydrogen-bond acceptors (Lipinski definition) is 3. The van der Waals surface area contributed by atoms with Crippen molar-refractivity contribution in [3.63, 3.8) is 0 Å². The average Bonchev–Trinajstić information content (AvgIpc) is 2.33. The number of hydrogen-bond donors (Lipinski definition) is 2. The Bertz CT molecular complexity index is 485. The molecule has 1 atom stereocenters. The van der Waals surface area contributed by atoms with E-state index in [2.05, 4.69) is 5.32 Å². The molecule has 2 N–H and O–H groups in total. The zero-order valence-electron chi connectivity index (χ0n) is 11.1. The van der Waals surface area contributed by atoms with Gasteiger partial charge in [-0.3, -0.25) is 14.9 Å².